The van der Waals surface area contributed by atoms with Crippen molar-refractivity contribution >= 4 is 39.3 Å². The molecule has 0 bridgehead atoms. The molecule has 0 N–H and O–H groups in total. The Morgan fingerprint density at radius 3 is 2.59 bits per heavy atom. The van der Waals surface area contributed by atoms with Gasteiger partial charge in [0.25, 0.3) is 0 Å². The summed E-state index contributed by atoms with van der Waals surface area (Å²) in [6.07, 6.45) is 0.419. The van der Waals surface area contributed by atoms with E-state index in [1.807, 2.05) is 49.4 Å². The lowest BCUT2D eigenvalue weighted by Crippen LogP contribution is -2.32. The lowest BCUT2D eigenvalue weighted by atomic mass is 10.2. The number of ether oxygens (including phenoxy) is 1. The predicted octanol–water partition coefficient (Wildman–Crippen LogP) is 5.66. The number of nitrogens with zero attached hydrogens (tertiary/aromatic N) is 1. The molecule has 0 saturated heterocycles. The Labute approximate surface area is 144 Å². The van der Waals surface area contributed by atoms with Crippen LogP contribution in [0.15, 0.2) is 53.0 Å². The average Bonchev–Trinajstić information content (AvgIpc) is 2.52. The number of anilines is 1. The van der Waals surface area contributed by atoms with Gasteiger partial charge in [0.15, 0.2) is 0 Å². The van der Waals surface area contributed by atoms with Crippen LogP contribution in [0.3, 0.4) is 0 Å². The summed E-state index contributed by atoms with van der Waals surface area (Å²) in [5, 5.41) is 0.513. The summed E-state index contributed by atoms with van der Waals surface area (Å²) >= 11 is 9.61. The lowest BCUT2D eigenvalue weighted by Gasteiger charge is -2.23. The van der Waals surface area contributed by atoms with Crippen LogP contribution in [0.1, 0.15) is 18.9 Å². The zero-order valence-electron chi connectivity index (χ0n) is 12.3. The number of carbonyl (C=O) groups excluding carboxylic acids is 1. The first kappa shape index (κ1) is 16.8. The van der Waals surface area contributed by atoms with Gasteiger partial charge in [-0.2, -0.15) is 0 Å². The van der Waals surface area contributed by atoms with Gasteiger partial charge in [-0.3, -0.25) is 4.90 Å². The zero-order valence-corrected chi connectivity index (χ0v) is 14.6. The van der Waals surface area contributed by atoms with Gasteiger partial charge in [0.1, 0.15) is 6.61 Å². The third-order valence-electron chi connectivity index (χ3n) is 3.07. The summed E-state index contributed by atoms with van der Waals surface area (Å²) < 4.78 is 6.27. The molecule has 0 radical (unpaired) electrons. The molecular weight excluding hydrogens is 366 g/mol. The molecule has 1 amide bonds. The highest BCUT2D eigenvalue weighted by atomic mass is 79.9. The first-order valence-electron chi connectivity index (χ1n) is 7.05. The fraction of sp³-hybridized carbons (Fsp3) is 0.235. The van der Waals surface area contributed by atoms with Crippen molar-refractivity contribution in [2.75, 3.05) is 11.4 Å². The van der Waals surface area contributed by atoms with E-state index in [2.05, 4.69) is 15.9 Å². The van der Waals surface area contributed by atoms with Gasteiger partial charge in [0.05, 0.1) is 10.7 Å². The van der Waals surface area contributed by atoms with Gasteiger partial charge in [-0.15, -0.1) is 0 Å². The van der Waals surface area contributed by atoms with E-state index in [0.29, 0.717) is 17.3 Å². The van der Waals surface area contributed by atoms with E-state index in [9.17, 15) is 4.79 Å². The lowest BCUT2D eigenvalue weighted by molar-refractivity contribution is 0.147. The minimum Gasteiger partial charge on any atom is -0.444 e. The molecule has 0 aliphatic rings. The largest absolute Gasteiger partial charge is 0.444 e. The molecule has 0 atom stereocenters. The Morgan fingerprint density at radius 1 is 1.23 bits per heavy atom. The van der Waals surface area contributed by atoms with Crippen molar-refractivity contribution in [1.29, 1.82) is 0 Å². The predicted molar refractivity (Wildman–Crippen MR) is 93.4 cm³/mol. The van der Waals surface area contributed by atoms with Gasteiger partial charge in [-0.05, 0) is 30.2 Å². The van der Waals surface area contributed by atoms with Gasteiger partial charge >= 0.3 is 6.09 Å². The number of amides is 1. The average molecular weight is 383 g/mol. The standard InChI is InChI=1S/C17H17BrClNO2/c1-2-10-20(16-9-8-14(18)11-15(16)19)17(21)22-12-13-6-4-3-5-7-13/h3-9,11H,2,10,12H2,1H3. The molecule has 3 nitrogen and oxygen atoms in total. The topological polar surface area (TPSA) is 29.5 Å². The van der Waals surface area contributed by atoms with Gasteiger partial charge < -0.3 is 4.74 Å². The number of halogens is 2. The molecule has 0 aromatic heterocycles. The van der Waals surface area contributed by atoms with E-state index in [1.54, 1.807) is 11.0 Å². The van der Waals surface area contributed by atoms with Crippen LogP contribution in [0.4, 0.5) is 10.5 Å². The quantitative estimate of drug-likeness (QED) is 0.668. The zero-order chi connectivity index (χ0) is 15.9. The smallest absolute Gasteiger partial charge is 0.414 e. The van der Waals surface area contributed by atoms with E-state index >= 15 is 0 Å². The van der Waals surface area contributed by atoms with Crippen molar-refractivity contribution in [3.8, 4) is 0 Å². The molecule has 2 rings (SSSR count). The number of rotatable bonds is 5. The van der Waals surface area contributed by atoms with Gasteiger partial charge in [0, 0.05) is 11.0 Å². The van der Waals surface area contributed by atoms with Crippen LogP contribution in [0.5, 0.6) is 0 Å². The van der Waals surface area contributed by atoms with Crippen LogP contribution < -0.4 is 4.90 Å². The molecule has 0 aliphatic heterocycles. The summed E-state index contributed by atoms with van der Waals surface area (Å²) in [6, 6.07) is 15.0. The minimum atomic E-state index is -0.394. The third-order valence-corrected chi connectivity index (χ3v) is 3.87. The molecule has 0 heterocycles. The summed E-state index contributed by atoms with van der Waals surface area (Å²) in [7, 11) is 0. The maximum atomic E-state index is 12.4. The maximum Gasteiger partial charge on any atom is 0.414 e. The number of hydrogen-bond acceptors (Lipinski definition) is 2. The van der Waals surface area contributed by atoms with Crippen molar-refractivity contribution in [2.45, 2.75) is 20.0 Å². The second-order valence-corrected chi connectivity index (χ2v) is 6.11. The van der Waals surface area contributed by atoms with E-state index in [4.69, 9.17) is 16.3 Å². The van der Waals surface area contributed by atoms with Crippen molar-refractivity contribution in [3.05, 3.63) is 63.6 Å². The van der Waals surface area contributed by atoms with Crippen LogP contribution in [-0.2, 0) is 11.3 Å². The van der Waals surface area contributed by atoms with Crippen LogP contribution >= 0.6 is 27.5 Å². The fourth-order valence-corrected chi connectivity index (χ4v) is 2.81. The number of benzene rings is 2. The van der Waals surface area contributed by atoms with E-state index in [0.717, 1.165) is 16.5 Å². The van der Waals surface area contributed by atoms with Crippen molar-refractivity contribution < 1.29 is 9.53 Å². The minimum absolute atomic E-state index is 0.244. The molecule has 2 aromatic rings. The summed E-state index contributed by atoms with van der Waals surface area (Å²) in [4.78, 5) is 13.9. The Kier molecular flexibility index (Phi) is 6.28. The Balaban J connectivity index is 2.11. The molecule has 0 aliphatic carbocycles. The van der Waals surface area contributed by atoms with Crippen molar-refractivity contribution in [2.24, 2.45) is 0 Å². The summed E-state index contributed by atoms with van der Waals surface area (Å²) in [5.41, 5.74) is 1.61. The van der Waals surface area contributed by atoms with Crippen LogP contribution in [-0.4, -0.2) is 12.6 Å². The molecule has 0 fully saturated rings. The molecular formula is C17H17BrClNO2. The van der Waals surface area contributed by atoms with E-state index in [-0.39, 0.29) is 6.61 Å². The number of carbonyl (C=O) groups is 1. The third kappa shape index (κ3) is 4.49. The molecule has 5 heteroatoms. The highest BCUT2D eigenvalue weighted by molar-refractivity contribution is 9.10. The maximum absolute atomic E-state index is 12.4. The Morgan fingerprint density at radius 2 is 1.95 bits per heavy atom. The Hall–Kier alpha value is -1.52. The first-order valence-corrected chi connectivity index (χ1v) is 8.22. The SMILES string of the molecule is CCCN(C(=O)OCc1ccccc1)c1ccc(Br)cc1Cl. The van der Waals surface area contributed by atoms with E-state index in [1.165, 1.54) is 0 Å². The van der Waals surface area contributed by atoms with Gasteiger partial charge in [-0.25, -0.2) is 4.79 Å². The van der Waals surface area contributed by atoms with Crippen LogP contribution in [0.2, 0.25) is 5.02 Å². The monoisotopic (exact) mass is 381 g/mol. The second kappa shape index (κ2) is 8.20. The van der Waals surface area contributed by atoms with Crippen LogP contribution in [0.25, 0.3) is 0 Å². The number of hydrogen-bond donors (Lipinski definition) is 0. The highest BCUT2D eigenvalue weighted by Gasteiger charge is 2.19. The molecule has 0 spiro atoms. The normalized spacial score (nSPS) is 10.3. The molecule has 2 aromatic carbocycles. The van der Waals surface area contributed by atoms with Crippen LogP contribution in [0, 0.1) is 0 Å². The summed E-state index contributed by atoms with van der Waals surface area (Å²) in [5.74, 6) is 0. The van der Waals surface area contributed by atoms with Gasteiger partial charge in [-0.1, -0.05) is 64.8 Å². The van der Waals surface area contributed by atoms with Gasteiger partial charge in [0.2, 0.25) is 0 Å². The first-order chi connectivity index (χ1) is 10.6. The second-order valence-electron chi connectivity index (χ2n) is 4.79. The molecule has 0 unspecified atom stereocenters. The molecule has 22 heavy (non-hydrogen) atoms. The molecule has 116 valence electrons. The molecule has 0 saturated carbocycles. The van der Waals surface area contributed by atoms with Crippen molar-refractivity contribution in [3.63, 3.8) is 0 Å². The highest BCUT2D eigenvalue weighted by Crippen LogP contribution is 2.29. The fourth-order valence-electron chi connectivity index (χ4n) is 2.03. The Bertz CT molecular complexity index is 634. The summed E-state index contributed by atoms with van der Waals surface area (Å²) in [6.45, 7) is 2.80. The van der Waals surface area contributed by atoms with Crippen molar-refractivity contribution in [1.82, 2.24) is 0 Å². The van der Waals surface area contributed by atoms with E-state index < -0.39 is 6.09 Å².